The normalized spacial score (nSPS) is 16.0. The number of fused-ring (bicyclic) bond motifs is 1. The lowest BCUT2D eigenvalue weighted by atomic mass is 10.1. The predicted octanol–water partition coefficient (Wildman–Crippen LogP) is 4.25. The van der Waals surface area contributed by atoms with Crippen LogP contribution in [0.1, 0.15) is 11.1 Å². The summed E-state index contributed by atoms with van der Waals surface area (Å²) in [5.41, 5.74) is 1.96. The Labute approximate surface area is 196 Å². The second-order valence-corrected chi connectivity index (χ2v) is 8.02. The zero-order chi connectivity index (χ0) is 23.4. The lowest BCUT2D eigenvalue weighted by Crippen LogP contribution is -2.35. The van der Waals surface area contributed by atoms with Crippen molar-refractivity contribution in [3.63, 3.8) is 0 Å². The Hall–Kier alpha value is -3.72. The highest BCUT2D eigenvalue weighted by Crippen LogP contribution is 2.39. The molecular weight excluding hydrogens is 442 g/mol. The van der Waals surface area contributed by atoms with Gasteiger partial charge >= 0.3 is 0 Å². The van der Waals surface area contributed by atoms with E-state index in [1.807, 2.05) is 31.2 Å². The average molecular weight is 466 g/mol. The monoisotopic (exact) mass is 465 g/mol. The van der Waals surface area contributed by atoms with E-state index in [1.165, 1.54) is 26.0 Å². The first-order chi connectivity index (χ1) is 16.0. The number of amidine groups is 2. The van der Waals surface area contributed by atoms with Crippen LogP contribution in [0.3, 0.4) is 0 Å². The molecule has 0 fully saturated rings. The fourth-order valence-electron chi connectivity index (χ4n) is 3.26. The van der Waals surface area contributed by atoms with Crippen molar-refractivity contribution in [2.45, 2.75) is 6.92 Å². The first-order valence-corrected chi connectivity index (χ1v) is 11.0. The summed E-state index contributed by atoms with van der Waals surface area (Å²) < 4.78 is 22.6. The van der Waals surface area contributed by atoms with Gasteiger partial charge < -0.3 is 18.9 Å². The number of benzene rings is 2. The van der Waals surface area contributed by atoms with Crippen LogP contribution in [0.4, 0.5) is 0 Å². The maximum absolute atomic E-state index is 12.5. The van der Waals surface area contributed by atoms with Crippen LogP contribution >= 0.6 is 11.8 Å². The Morgan fingerprint density at radius 3 is 2.39 bits per heavy atom. The molecule has 4 rings (SSSR count). The molecule has 0 saturated heterocycles. The topological polar surface area (TPSA) is 93.4 Å². The summed E-state index contributed by atoms with van der Waals surface area (Å²) in [6.45, 7) is 2.64. The van der Waals surface area contributed by atoms with Crippen LogP contribution in [0.25, 0.3) is 6.08 Å². The van der Waals surface area contributed by atoms with Crippen LogP contribution < -0.4 is 18.9 Å². The van der Waals surface area contributed by atoms with Gasteiger partial charge in [0.05, 0.1) is 19.8 Å². The zero-order valence-corrected chi connectivity index (χ0v) is 19.3. The maximum Gasteiger partial charge on any atom is 0.283 e. The molecule has 2 aromatic rings. The molecule has 2 aliphatic rings. The molecule has 2 aromatic carbocycles. The number of carbonyl (C=O) groups excluding carboxylic acids is 1. The third-order valence-corrected chi connectivity index (χ3v) is 5.68. The quantitative estimate of drug-likeness (QED) is 0.460. The molecule has 9 heteroatoms. The van der Waals surface area contributed by atoms with Crippen molar-refractivity contribution in [3.8, 4) is 23.0 Å². The van der Waals surface area contributed by atoms with E-state index >= 15 is 0 Å². The molecule has 0 aliphatic carbocycles. The van der Waals surface area contributed by atoms with Gasteiger partial charge in [-0.25, -0.2) is 0 Å². The second kappa shape index (κ2) is 9.83. The van der Waals surface area contributed by atoms with Gasteiger partial charge in [-0.05, 0) is 48.2 Å². The molecule has 0 radical (unpaired) electrons. The number of thioether (sulfide) groups is 1. The average Bonchev–Trinajstić information content (AvgIpc) is 3.29. The van der Waals surface area contributed by atoms with Crippen LogP contribution in [0.2, 0.25) is 0 Å². The smallest absolute Gasteiger partial charge is 0.283 e. The van der Waals surface area contributed by atoms with Crippen molar-refractivity contribution in [1.82, 2.24) is 4.90 Å². The molecule has 0 saturated carbocycles. The Kier molecular flexibility index (Phi) is 6.69. The van der Waals surface area contributed by atoms with Gasteiger partial charge in [0.15, 0.2) is 16.7 Å². The van der Waals surface area contributed by atoms with E-state index in [2.05, 4.69) is 4.99 Å². The number of nitrogens with zero attached hydrogens (tertiary/aromatic N) is 2. The molecule has 2 aliphatic heterocycles. The van der Waals surface area contributed by atoms with Gasteiger partial charge in [0.2, 0.25) is 5.75 Å². The maximum atomic E-state index is 12.5. The molecule has 0 unspecified atom stereocenters. The molecule has 170 valence electrons. The van der Waals surface area contributed by atoms with Crippen molar-refractivity contribution in [3.05, 3.63) is 64.7 Å². The summed E-state index contributed by atoms with van der Waals surface area (Å²) in [4.78, 5) is 18.1. The summed E-state index contributed by atoms with van der Waals surface area (Å²) >= 11 is 1.30. The number of methoxy groups -OCH3 is 2. The van der Waals surface area contributed by atoms with E-state index in [4.69, 9.17) is 24.4 Å². The van der Waals surface area contributed by atoms with Gasteiger partial charge in [0.1, 0.15) is 24.8 Å². The van der Waals surface area contributed by atoms with Crippen molar-refractivity contribution < 1.29 is 23.7 Å². The van der Waals surface area contributed by atoms with E-state index in [0.717, 1.165) is 11.3 Å². The van der Waals surface area contributed by atoms with E-state index < -0.39 is 5.91 Å². The largest absolute Gasteiger partial charge is 0.493 e. The predicted molar refractivity (Wildman–Crippen MR) is 128 cm³/mol. The number of amides is 1. The van der Waals surface area contributed by atoms with Gasteiger partial charge in [-0.3, -0.25) is 15.1 Å². The Bertz CT molecular complexity index is 1150. The number of nitrogens with one attached hydrogen (secondary N) is 1. The van der Waals surface area contributed by atoms with Crippen LogP contribution in [0.15, 0.2) is 58.6 Å². The minimum Gasteiger partial charge on any atom is -0.493 e. The highest BCUT2D eigenvalue weighted by Gasteiger charge is 2.31. The number of aliphatic imine (C=N–C) groups is 1. The second-order valence-electron chi connectivity index (χ2n) is 7.14. The number of ether oxygens (including phenoxy) is 4. The summed E-state index contributed by atoms with van der Waals surface area (Å²) in [6, 6.07) is 11.2. The highest BCUT2D eigenvalue weighted by molar-refractivity contribution is 8.16. The first kappa shape index (κ1) is 22.5. The molecule has 0 spiro atoms. The van der Waals surface area contributed by atoms with Crippen LogP contribution in [-0.4, -0.2) is 49.2 Å². The Morgan fingerprint density at radius 1 is 1.06 bits per heavy atom. The van der Waals surface area contributed by atoms with Gasteiger partial charge in [-0.2, -0.15) is 4.99 Å². The molecule has 2 heterocycles. The molecule has 8 nitrogen and oxygen atoms in total. The molecule has 1 amide bonds. The van der Waals surface area contributed by atoms with Gasteiger partial charge in [0, 0.05) is 6.20 Å². The van der Waals surface area contributed by atoms with E-state index in [9.17, 15) is 4.79 Å². The van der Waals surface area contributed by atoms with Crippen LogP contribution in [0, 0.1) is 12.3 Å². The van der Waals surface area contributed by atoms with E-state index in [0.29, 0.717) is 34.6 Å². The summed E-state index contributed by atoms with van der Waals surface area (Å²) in [5.74, 6) is 1.67. The minimum absolute atomic E-state index is 0.0674. The molecular formula is C24H23N3O5S. The van der Waals surface area contributed by atoms with Gasteiger partial charge in [-0.15, -0.1) is 0 Å². The third-order valence-electron chi connectivity index (χ3n) is 4.93. The van der Waals surface area contributed by atoms with Gasteiger partial charge in [0.25, 0.3) is 5.91 Å². The van der Waals surface area contributed by atoms with E-state index in [-0.39, 0.29) is 18.0 Å². The molecule has 0 aromatic heterocycles. The number of hydrogen-bond acceptors (Lipinski definition) is 7. The van der Waals surface area contributed by atoms with Crippen molar-refractivity contribution in [2.24, 2.45) is 4.99 Å². The Balaban J connectivity index is 1.51. The number of aryl methyl sites for hydroxylation is 1. The zero-order valence-electron chi connectivity index (χ0n) is 18.5. The Morgan fingerprint density at radius 2 is 1.73 bits per heavy atom. The fourth-order valence-corrected chi connectivity index (χ4v) is 3.97. The molecule has 0 atom stereocenters. The fraction of sp³-hybridized carbons (Fsp3) is 0.208. The third kappa shape index (κ3) is 4.88. The van der Waals surface area contributed by atoms with Crippen molar-refractivity contribution >= 4 is 34.7 Å². The first-order valence-electron chi connectivity index (χ1n) is 10.1. The van der Waals surface area contributed by atoms with Crippen LogP contribution in [0.5, 0.6) is 23.0 Å². The summed E-state index contributed by atoms with van der Waals surface area (Å²) in [6.07, 6.45) is 3.31. The van der Waals surface area contributed by atoms with Crippen molar-refractivity contribution in [1.29, 1.82) is 5.41 Å². The molecule has 0 bridgehead atoms. The lowest BCUT2D eigenvalue weighted by molar-refractivity contribution is -0.114. The van der Waals surface area contributed by atoms with Crippen LogP contribution in [-0.2, 0) is 4.79 Å². The van der Waals surface area contributed by atoms with Gasteiger partial charge in [-0.1, -0.05) is 29.5 Å². The number of hydrogen-bond donors (Lipinski definition) is 1. The van der Waals surface area contributed by atoms with Crippen molar-refractivity contribution in [2.75, 3.05) is 27.4 Å². The van der Waals surface area contributed by atoms with E-state index in [1.54, 1.807) is 34.7 Å². The SMILES string of the molecule is COc1cc(/C=C2/C(=N)N3C=CSC3=NC2=O)cc(OC)c1OCCOc1ccc(C)cc1. The lowest BCUT2D eigenvalue weighted by Gasteiger charge is -2.22. The molecule has 33 heavy (non-hydrogen) atoms. The minimum atomic E-state index is -0.464. The standard InChI is InChI=1S/C24H23N3O5S/c1-15-4-6-17(7-5-15)31-9-10-32-21-19(29-2)13-16(14-20(21)30-3)12-18-22(25)27-8-11-33-24(27)26-23(18)28/h4-8,11-14,25H,9-10H2,1-3H3/b18-12-,25-22?. The summed E-state index contributed by atoms with van der Waals surface area (Å²) in [5, 5.41) is 10.6. The summed E-state index contributed by atoms with van der Waals surface area (Å²) in [7, 11) is 3.05. The highest BCUT2D eigenvalue weighted by atomic mass is 32.2. The number of carbonyl (C=O) groups is 1. The number of rotatable bonds is 8. The molecule has 1 N–H and O–H groups in total.